The average Bonchev–Trinajstić information content (AvgIpc) is 2.24. The standard InChI is InChI=1S/C10H21N3O2/c1-2-7-12-10(15)8-13-9(14)5-3-4-6-11/h2-8,11H2,1H3,(H,12,15)(H,13,14). The summed E-state index contributed by atoms with van der Waals surface area (Å²) in [5.74, 6) is -0.223. The molecule has 0 saturated carbocycles. The second-order valence-electron chi connectivity index (χ2n) is 3.37. The van der Waals surface area contributed by atoms with Gasteiger partial charge in [-0.25, -0.2) is 0 Å². The molecule has 88 valence electrons. The van der Waals surface area contributed by atoms with Crippen molar-refractivity contribution in [2.45, 2.75) is 32.6 Å². The fourth-order valence-corrected chi connectivity index (χ4v) is 1.02. The first-order valence-electron chi connectivity index (χ1n) is 5.44. The number of amides is 2. The first-order valence-corrected chi connectivity index (χ1v) is 5.44. The van der Waals surface area contributed by atoms with Crippen LogP contribution in [0.15, 0.2) is 0 Å². The molecule has 15 heavy (non-hydrogen) atoms. The topological polar surface area (TPSA) is 84.2 Å². The molecule has 0 saturated heterocycles. The average molecular weight is 215 g/mol. The van der Waals surface area contributed by atoms with Gasteiger partial charge >= 0.3 is 0 Å². The van der Waals surface area contributed by atoms with E-state index >= 15 is 0 Å². The Morgan fingerprint density at radius 1 is 1.13 bits per heavy atom. The summed E-state index contributed by atoms with van der Waals surface area (Å²) in [6.45, 7) is 3.30. The number of unbranched alkanes of at least 4 members (excludes halogenated alkanes) is 1. The van der Waals surface area contributed by atoms with Gasteiger partial charge < -0.3 is 16.4 Å². The number of carbonyl (C=O) groups excluding carboxylic acids is 2. The Balaban J connectivity index is 3.40. The molecule has 4 N–H and O–H groups in total. The van der Waals surface area contributed by atoms with Crippen LogP contribution in [0, 0.1) is 0 Å². The molecule has 2 amide bonds. The zero-order valence-corrected chi connectivity index (χ0v) is 9.34. The van der Waals surface area contributed by atoms with E-state index in [1.807, 2.05) is 6.92 Å². The van der Waals surface area contributed by atoms with E-state index in [0.29, 0.717) is 19.5 Å². The van der Waals surface area contributed by atoms with Crippen LogP contribution in [-0.2, 0) is 9.59 Å². The van der Waals surface area contributed by atoms with Crippen LogP contribution in [0.3, 0.4) is 0 Å². The summed E-state index contributed by atoms with van der Waals surface area (Å²) >= 11 is 0. The van der Waals surface area contributed by atoms with Crippen molar-refractivity contribution in [2.24, 2.45) is 5.73 Å². The molecular weight excluding hydrogens is 194 g/mol. The zero-order chi connectivity index (χ0) is 11.5. The Morgan fingerprint density at radius 3 is 2.47 bits per heavy atom. The van der Waals surface area contributed by atoms with E-state index in [2.05, 4.69) is 10.6 Å². The lowest BCUT2D eigenvalue weighted by Crippen LogP contribution is -2.37. The number of hydrogen-bond acceptors (Lipinski definition) is 3. The molecule has 5 heteroatoms. The molecule has 5 nitrogen and oxygen atoms in total. The van der Waals surface area contributed by atoms with Gasteiger partial charge in [0, 0.05) is 13.0 Å². The van der Waals surface area contributed by atoms with Crippen LogP contribution >= 0.6 is 0 Å². The lowest BCUT2D eigenvalue weighted by molar-refractivity contribution is -0.126. The second kappa shape index (κ2) is 9.45. The summed E-state index contributed by atoms with van der Waals surface area (Å²) in [6, 6.07) is 0. The lowest BCUT2D eigenvalue weighted by Gasteiger charge is -2.05. The highest BCUT2D eigenvalue weighted by molar-refractivity contribution is 5.84. The summed E-state index contributed by atoms with van der Waals surface area (Å²) in [5, 5.41) is 5.24. The van der Waals surface area contributed by atoms with Crippen LogP contribution in [0.25, 0.3) is 0 Å². The van der Waals surface area contributed by atoms with E-state index in [9.17, 15) is 9.59 Å². The Bertz CT molecular complexity index is 195. The fraction of sp³-hybridized carbons (Fsp3) is 0.800. The van der Waals surface area contributed by atoms with Gasteiger partial charge in [0.05, 0.1) is 6.54 Å². The smallest absolute Gasteiger partial charge is 0.239 e. The Labute approximate surface area is 90.8 Å². The van der Waals surface area contributed by atoms with E-state index in [0.717, 1.165) is 19.3 Å². The van der Waals surface area contributed by atoms with Crippen molar-refractivity contribution in [1.29, 1.82) is 0 Å². The van der Waals surface area contributed by atoms with Crippen LogP contribution in [0.2, 0.25) is 0 Å². The van der Waals surface area contributed by atoms with Crippen molar-refractivity contribution in [3.05, 3.63) is 0 Å². The van der Waals surface area contributed by atoms with Crippen molar-refractivity contribution in [1.82, 2.24) is 10.6 Å². The summed E-state index contributed by atoms with van der Waals surface area (Å²) in [6.07, 6.45) is 2.96. The highest BCUT2D eigenvalue weighted by atomic mass is 16.2. The molecule has 0 aliphatic rings. The van der Waals surface area contributed by atoms with Gasteiger partial charge in [-0.15, -0.1) is 0 Å². The predicted octanol–water partition coefficient (Wildman–Crippen LogP) is -0.242. The molecule has 0 rings (SSSR count). The zero-order valence-electron chi connectivity index (χ0n) is 9.34. The molecule has 0 aromatic carbocycles. The van der Waals surface area contributed by atoms with Gasteiger partial charge in [-0.2, -0.15) is 0 Å². The van der Waals surface area contributed by atoms with Crippen molar-refractivity contribution in [3.63, 3.8) is 0 Å². The maximum atomic E-state index is 11.2. The largest absolute Gasteiger partial charge is 0.355 e. The molecule has 0 aliphatic carbocycles. The fourth-order valence-electron chi connectivity index (χ4n) is 1.02. The molecule has 0 unspecified atom stereocenters. The third kappa shape index (κ3) is 9.21. The molecule has 0 aromatic heterocycles. The van der Waals surface area contributed by atoms with Gasteiger partial charge in [-0.05, 0) is 25.8 Å². The van der Waals surface area contributed by atoms with Crippen molar-refractivity contribution < 1.29 is 9.59 Å². The highest BCUT2D eigenvalue weighted by Gasteiger charge is 2.03. The predicted molar refractivity (Wildman–Crippen MR) is 59.2 cm³/mol. The molecule has 0 bridgehead atoms. The Kier molecular flexibility index (Phi) is 8.76. The minimum atomic E-state index is -0.135. The molecular formula is C10H21N3O2. The number of rotatable bonds is 8. The van der Waals surface area contributed by atoms with Crippen LogP contribution in [0.4, 0.5) is 0 Å². The molecule has 0 aromatic rings. The Morgan fingerprint density at radius 2 is 1.87 bits per heavy atom. The SMILES string of the molecule is CCCNC(=O)CNC(=O)CCCCN. The van der Waals surface area contributed by atoms with E-state index in [-0.39, 0.29) is 18.4 Å². The van der Waals surface area contributed by atoms with Crippen molar-refractivity contribution in [2.75, 3.05) is 19.6 Å². The monoisotopic (exact) mass is 215 g/mol. The first kappa shape index (κ1) is 13.9. The van der Waals surface area contributed by atoms with Crippen LogP contribution in [0.5, 0.6) is 0 Å². The number of carbonyl (C=O) groups is 2. The van der Waals surface area contributed by atoms with Crippen molar-refractivity contribution in [3.8, 4) is 0 Å². The van der Waals surface area contributed by atoms with Crippen LogP contribution in [0.1, 0.15) is 32.6 Å². The number of nitrogens with one attached hydrogen (secondary N) is 2. The summed E-state index contributed by atoms with van der Waals surface area (Å²) in [4.78, 5) is 22.3. The molecule has 0 heterocycles. The summed E-state index contributed by atoms with van der Waals surface area (Å²) < 4.78 is 0. The van der Waals surface area contributed by atoms with Gasteiger partial charge in [0.2, 0.25) is 11.8 Å². The third-order valence-electron chi connectivity index (χ3n) is 1.88. The van der Waals surface area contributed by atoms with Crippen LogP contribution in [-0.4, -0.2) is 31.4 Å². The number of nitrogens with two attached hydrogens (primary N) is 1. The molecule has 0 atom stereocenters. The van der Waals surface area contributed by atoms with E-state index in [1.54, 1.807) is 0 Å². The van der Waals surface area contributed by atoms with Gasteiger partial charge in [0.1, 0.15) is 0 Å². The van der Waals surface area contributed by atoms with Gasteiger partial charge in [-0.1, -0.05) is 6.92 Å². The molecule has 0 radical (unpaired) electrons. The van der Waals surface area contributed by atoms with Gasteiger partial charge in [-0.3, -0.25) is 9.59 Å². The molecule has 0 spiro atoms. The van der Waals surface area contributed by atoms with E-state index in [4.69, 9.17) is 5.73 Å². The third-order valence-corrected chi connectivity index (χ3v) is 1.88. The maximum absolute atomic E-state index is 11.2. The first-order chi connectivity index (χ1) is 7.20. The Hall–Kier alpha value is -1.10. The van der Waals surface area contributed by atoms with Gasteiger partial charge in [0.15, 0.2) is 0 Å². The van der Waals surface area contributed by atoms with Gasteiger partial charge in [0.25, 0.3) is 0 Å². The maximum Gasteiger partial charge on any atom is 0.239 e. The normalized spacial score (nSPS) is 9.73. The van der Waals surface area contributed by atoms with Crippen molar-refractivity contribution >= 4 is 11.8 Å². The van der Waals surface area contributed by atoms with E-state index < -0.39 is 0 Å². The highest BCUT2D eigenvalue weighted by Crippen LogP contribution is 1.92. The summed E-state index contributed by atoms with van der Waals surface area (Å²) in [7, 11) is 0. The van der Waals surface area contributed by atoms with Crippen LogP contribution < -0.4 is 16.4 Å². The molecule has 0 aliphatic heterocycles. The second-order valence-corrected chi connectivity index (χ2v) is 3.37. The molecule has 0 fully saturated rings. The minimum Gasteiger partial charge on any atom is -0.355 e. The minimum absolute atomic E-state index is 0.0709. The summed E-state index contributed by atoms with van der Waals surface area (Å²) in [5.41, 5.74) is 5.30. The lowest BCUT2D eigenvalue weighted by atomic mass is 10.2. The quantitative estimate of drug-likeness (QED) is 0.488. The van der Waals surface area contributed by atoms with E-state index in [1.165, 1.54) is 0 Å². The number of hydrogen-bond donors (Lipinski definition) is 3.